The molecule has 0 radical (unpaired) electrons. The van der Waals surface area contributed by atoms with Crippen molar-refractivity contribution in [2.24, 2.45) is 0 Å². The van der Waals surface area contributed by atoms with E-state index in [2.05, 4.69) is 20.3 Å². The van der Waals surface area contributed by atoms with E-state index in [0.29, 0.717) is 18.2 Å². The van der Waals surface area contributed by atoms with Gasteiger partial charge >= 0.3 is 5.97 Å². The number of thiophene rings is 1. The van der Waals surface area contributed by atoms with E-state index in [4.69, 9.17) is 4.42 Å². The quantitative estimate of drug-likeness (QED) is 0.777. The molecule has 2 aromatic rings. The van der Waals surface area contributed by atoms with Gasteiger partial charge in [0, 0.05) is 30.3 Å². The second-order valence-electron chi connectivity index (χ2n) is 4.19. The van der Waals surface area contributed by atoms with Crippen LogP contribution in [0.4, 0.5) is 0 Å². The molecule has 112 valence electrons. The third-order valence-electron chi connectivity index (χ3n) is 2.68. The van der Waals surface area contributed by atoms with Crippen molar-refractivity contribution in [2.45, 2.75) is 19.3 Å². The molecular weight excluding hydrogens is 294 g/mol. The number of aromatic nitrogens is 2. The number of hydrogen-bond donors (Lipinski definition) is 1. The molecule has 0 bridgehead atoms. The van der Waals surface area contributed by atoms with Crippen LogP contribution in [0.15, 0.2) is 21.2 Å². The first kappa shape index (κ1) is 15.2. The lowest BCUT2D eigenvalue weighted by atomic mass is 10.3. The number of amides is 1. The van der Waals surface area contributed by atoms with Crippen LogP contribution >= 0.6 is 11.3 Å². The van der Waals surface area contributed by atoms with Gasteiger partial charge < -0.3 is 14.5 Å². The monoisotopic (exact) mass is 309 g/mol. The third-order valence-corrected chi connectivity index (χ3v) is 3.36. The molecule has 21 heavy (non-hydrogen) atoms. The summed E-state index contributed by atoms with van der Waals surface area (Å²) in [6.45, 7) is 0.259. The summed E-state index contributed by atoms with van der Waals surface area (Å²) >= 11 is 1.55. The molecule has 1 N–H and O–H groups in total. The van der Waals surface area contributed by atoms with Crippen molar-refractivity contribution in [3.63, 3.8) is 0 Å². The van der Waals surface area contributed by atoms with Gasteiger partial charge in [-0.05, 0) is 11.4 Å². The van der Waals surface area contributed by atoms with E-state index in [1.165, 1.54) is 7.11 Å². The van der Waals surface area contributed by atoms with Crippen molar-refractivity contribution in [1.82, 2.24) is 15.5 Å². The van der Waals surface area contributed by atoms with Gasteiger partial charge in [0.1, 0.15) is 0 Å². The minimum Gasteiger partial charge on any atom is -0.469 e. The van der Waals surface area contributed by atoms with Crippen molar-refractivity contribution < 1.29 is 18.7 Å². The van der Waals surface area contributed by atoms with Crippen molar-refractivity contribution in [2.75, 3.05) is 13.7 Å². The van der Waals surface area contributed by atoms with Crippen LogP contribution in [0.5, 0.6) is 0 Å². The molecule has 2 rings (SSSR count). The molecule has 0 spiro atoms. The van der Waals surface area contributed by atoms with Crippen molar-refractivity contribution in [1.29, 1.82) is 0 Å². The number of nitrogens with zero attached hydrogens (tertiary/aromatic N) is 2. The molecule has 1 amide bonds. The molecule has 0 unspecified atom stereocenters. The number of carbonyl (C=O) groups is 2. The molecule has 0 aliphatic carbocycles. The van der Waals surface area contributed by atoms with Gasteiger partial charge in [-0.2, -0.15) is 11.3 Å². The van der Waals surface area contributed by atoms with Gasteiger partial charge in [-0.15, -0.1) is 10.2 Å². The summed E-state index contributed by atoms with van der Waals surface area (Å²) in [7, 11) is 1.31. The van der Waals surface area contributed by atoms with Crippen LogP contribution in [0.3, 0.4) is 0 Å². The maximum atomic E-state index is 11.6. The Hall–Kier alpha value is -2.22. The Kier molecular flexibility index (Phi) is 5.44. The van der Waals surface area contributed by atoms with Gasteiger partial charge in [0.2, 0.25) is 17.7 Å². The Bertz CT molecular complexity index is 594. The zero-order valence-electron chi connectivity index (χ0n) is 11.5. The first-order chi connectivity index (χ1) is 10.2. The van der Waals surface area contributed by atoms with Crippen LogP contribution in [0, 0.1) is 0 Å². The number of rotatable bonds is 7. The number of carbonyl (C=O) groups excluding carboxylic acids is 2. The highest BCUT2D eigenvalue weighted by molar-refractivity contribution is 7.08. The maximum absolute atomic E-state index is 11.6. The molecule has 7 nitrogen and oxygen atoms in total. The highest BCUT2D eigenvalue weighted by Crippen LogP contribution is 2.20. The van der Waals surface area contributed by atoms with E-state index in [0.717, 1.165) is 5.56 Å². The van der Waals surface area contributed by atoms with Crippen LogP contribution in [0.2, 0.25) is 0 Å². The molecule has 0 aromatic carbocycles. The lowest BCUT2D eigenvalue weighted by Crippen LogP contribution is -2.26. The Morgan fingerprint density at radius 3 is 2.95 bits per heavy atom. The molecule has 2 aromatic heterocycles. The summed E-state index contributed by atoms with van der Waals surface area (Å²) in [5.74, 6) is 0.346. The standard InChI is InChI=1S/C13H15N3O4S/c1-19-12(18)4-6-14-10(17)2-3-11-15-16-13(20-11)9-5-7-21-8-9/h5,7-8H,2-4,6H2,1H3,(H,14,17). The van der Waals surface area contributed by atoms with E-state index in [-0.39, 0.29) is 31.3 Å². The second kappa shape index (κ2) is 7.53. The van der Waals surface area contributed by atoms with Gasteiger partial charge in [-0.3, -0.25) is 9.59 Å². The summed E-state index contributed by atoms with van der Waals surface area (Å²) in [6, 6.07) is 1.89. The van der Waals surface area contributed by atoms with Crippen LogP contribution in [0.25, 0.3) is 11.5 Å². The van der Waals surface area contributed by atoms with Crippen molar-refractivity contribution in [3.8, 4) is 11.5 Å². The fourth-order valence-electron chi connectivity index (χ4n) is 1.57. The molecule has 2 heterocycles. The Balaban J connectivity index is 1.73. The molecule has 0 saturated heterocycles. The number of nitrogens with one attached hydrogen (secondary N) is 1. The van der Waals surface area contributed by atoms with E-state index < -0.39 is 0 Å². The average molecular weight is 309 g/mol. The summed E-state index contributed by atoms with van der Waals surface area (Å²) < 4.78 is 9.95. The molecule has 0 atom stereocenters. The Labute approximate surface area is 125 Å². The molecule has 0 aliphatic heterocycles. The predicted octanol–water partition coefficient (Wildman–Crippen LogP) is 1.41. The highest BCUT2D eigenvalue weighted by atomic mass is 32.1. The zero-order chi connectivity index (χ0) is 15.1. The van der Waals surface area contributed by atoms with E-state index in [1.54, 1.807) is 11.3 Å². The number of methoxy groups -OCH3 is 1. The smallest absolute Gasteiger partial charge is 0.307 e. The molecule has 0 aliphatic rings. The van der Waals surface area contributed by atoms with Gasteiger partial charge in [0.15, 0.2) is 0 Å². The normalized spacial score (nSPS) is 10.3. The van der Waals surface area contributed by atoms with Crippen LogP contribution in [0.1, 0.15) is 18.7 Å². The number of ether oxygens (including phenoxy) is 1. The molecule has 0 saturated carbocycles. The molecular formula is C13H15N3O4S. The maximum Gasteiger partial charge on any atom is 0.307 e. The Morgan fingerprint density at radius 1 is 1.38 bits per heavy atom. The topological polar surface area (TPSA) is 94.3 Å². The fraction of sp³-hybridized carbons (Fsp3) is 0.385. The second-order valence-corrected chi connectivity index (χ2v) is 4.97. The van der Waals surface area contributed by atoms with Gasteiger partial charge in [-0.1, -0.05) is 0 Å². The van der Waals surface area contributed by atoms with E-state index in [1.807, 2.05) is 16.8 Å². The average Bonchev–Trinajstić information content (AvgIpc) is 3.15. The minimum absolute atomic E-state index is 0.158. The predicted molar refractivity (Wildman–Crippen MR) is 75.6 cm³/mol. The largest absolute Gasteiger partial charge is 0.469 e. The van der Waals surface area contributed by atoms with Crippen LogP contribution < -0.4 is 5.32 Å². The minimum atomic E-state index is -0.354. The first-order valence-electron chi connectivity index (χ1n) is 6.37. The SMILES string of the molecule is COC(=O)CCNC(=O)CCc1nnc(-c2ccsc2)o1. The van der Waals surface area contributed by atoms with Crippen LogP contribution in [-0.2, 0) is 20.7 Å². The Morgan fingerprint density at radius 2 is 2.24 bits per heavy atom. The summed E-state index contributed by atoms with van der Waals surface area (Å²) in [5.41, 5.74) is 0.876. The van der Waals surface area contributed by atoms with Gasteiger partial charge in [0.05, 0.1) is 13.5 Å². The van der Waals surface area contributed by atoms with Gasteiger partial charge in [-0.25, -0.2) is 0 Å². The number of aryl methyl sites for hydroxylation is 1. The van der Waals surface area contributed by atoms with E-state index >= 15 is 0 Å². The lowest BCUT2D eigenvalue weighted by molar-refractivity contribution is -0.140. The lowest BCUT2D eigenvalue weighted by Gasteiger charge is -2.02. The third kappa shape index (κ3) is 4.67. The zero-order valence-corrected chi connectivity index (χ0v) is 12.3. The van der Waals surface area contributed by atoms with Crippen LogP contribution in [-0.4, -0.2) is 35.7 Å². The highest BCUT2D eigenvalue weighted by Gasteiger charge is 2.11. The first-order valence-corrected chi connectivity index (χ1v) is 7.32. The summed E-state index contributed by atoms with van der Waals surface area (Å²) in [5, 5.41) is 14.3. The molecule has 0 fully saturated rings. The summed E-state index contributed by atoms with van der Waals surface area (Å²) in [6.07, 6.45) is 0.749. The van der Waals surface area contributed by atoms with E-state index in [9.17, 15) is 9.59 Å². The number of hydrogen-bond acceptors (Lipinski definition) is 7. The van der Waals surface area contributed by atoms with Crippen molar-refractivity contribution in [3.05, 3.63) is 22.7 Å². The molecule has 8 heteroatoms. The fourth-order valence-corrected chi connectivity index (χ4v) is 2.20. The number of esters is 1. The van der Waals surface area contributed by atoms with Gasteiger partial charge in [0.25, 0.3) is 0 Å². The van der Waals surface area contributed by atoms with Crippen molar-refractivity contribution >= 4 is 23.2 Å². The summed E-state index contributed by atoms with van der Waals surface area (Å²) in [4.78, 5) is 22.5.